The van der Waals surface area contributed by atoms with E-state index in [1.54, 1.807) is 0 Å². The number of aromatic hydroxyl groups is 1. The van der Waals surface area contributed by atoms with Crippen molar-refractivity contribution in [1.29, 1.82) is 0 Å². The van der Waals surface area contributed by atoms with Crippen molar-refractivity contribution in [2.45, 2.75) is 38.8 Å². The van der Waals surface area contributed by atoms with Gasteiger partial charge in [0.25, 0.3) is 0 Å². The summed E-state index contributed by atoms with van der Waals surface area (Å²) in [7, 11) is 0. The van der Waals surface area contributed by atoms with Crippen LogP contribution in [0.5, 0.6) is 5.75 Å². The average Bonchev–Trinajstić information content (AvgIpc) is 2.39. The molecule has 4 heteroatoms. The second-order valence-electron chi connectivity index (χ2n) is 5.17. The fourth-order valence-corrected chi connectivity index (χ4v) is 2.63. The first kappa shape index (κ1) is 14.2. The summed E-state index contributed by atoms with van der Waals surface area (Å²) in [6, 6.07) is 5.64. The van der Waals surface area contributed by atoms with Crippen LogP contribution < -0.4 is 10.6 Å². The Morgan fingerprint density at radius 1 is 1.42 bits per heavy atom. The maximum Gasteiger partial charge on any atom is 0.122 e. The van der Waals surface area contributed by atoms with Gasteiger partial charge in [0.15, 0.2) is 0 Å². The van der Waals surface area contributed by atoms with Crippen molar-refractivity contribution in [2.75, 3.05) is 24.6 Å². The molecule has 1 heterocycles. The summed E-state index contributed by atoms with van der Waals surface area (Å²) in [5.74, 6) is 0.291. The Kier molecular flexibility index (Phi) is 4.66. The van der Waals surface area contributed by atoms with Gasteiger partial charge in [0, 0.05) is 43.1 Å². The number of ether oxygens (including phenoxy) is 1. The molecule has 1 saturated heterocycles. The van der Waals surface area contributed by atoms with Gasteiger partial charge in [-0.05, 0) is 32.8 Å². The predicted molar refractivity (Wildman–Crippen MR) is 77.6 cm³/mol. The van der Waals surface area contributed by atoms with Crippen LogP contribution in [-0.2, 0) is 4.74 Å². The molecule has 1 atom stereocenters. The van der Waals surface area contributed by atoms with E-state index in [1.165, 1.54) is 0 Å². The summed E-state index contributed by atoms with van der Waals surface area (Å²) in [4.78, 5) is 2.29. The third-order valence-corrected chi connectivity index (χ3v) is 3.71. The van der Waals surface area contributed by atoms with Gasteiger partial charge in [0.2, 0.25) is 0 Å². The molecule has 0 radical (unpaired) electrons. The Hall–Kier alpha value is -1.26. The first-order chi connectivity index (χ1) is 9.11. The van der Waals surface area contributed by atoms with E-state index in [1.807, 2.05) is 32.0 Å². The summed E-state index contributed by atoms with van der Waals surface area (Å²) in [5, 5.41) is 10.00. The second-order valence-corrected chi connectivity index (χ2v) is 5.17. The van der Waals surface area contributed by atoms with Crippen LogP contribution in [0.2, 0.25) is 0 Å². The fourth-order valence-electron chi connectivity index (χ4n) is 2.63. The minimum absolute atomic E-state index is 0.141. The van der Waals surface area contributed by atoms with E-state index in [2.05, 4.69) is 4.90 Å². The van der Waals surface area contributed by atoms with E-state index in [0.717, 1.165) is 43.8 Å². The molecule has 0 bridgehead atoms. The van der Waals surface area contributed by atoms with Crippen molar-refractivity contribution < 1.29 is 9.84 Å². The molecule has 0 amide bonds. The molecule has 1 fully saturated rings. The summed E-state index contributed by atoms with van der Waals surface area (Å²) in [6.45, 7) is 6.65. The van der Waals surface area contributed by atoms with Crippen LogP contribution in [0.25, 0.3) is 0 Å². The quantitative estimate of drug-likeness (QED) is 0.877. The van der Waals surface area contributed by atoms with Gasteiger partial charge < -0.3 is 20.5 Å². The number of phenolic OH excluding ortho intramolecular Hbond substituents is 1. The van der Waals surface area contributed by atoms with Crippen LogP contribution in [0.4, 0.5) is 5.69 Å². The van der Waals surface area contributed by atoms with E-state index >= 15 is 0 Å². The highest BCUT2D eigenvalue weighted by Crippen LogP contribution is 2.29. The zero-order chi connectivity index (χ0) is 13.8. The topological polar surface area (TPSA) is 58.7 Å². The summed E-state index contributed by atoms with van der Waals surface area (Å²) in [6.07, 6.45) is 2.48. The number of nitrogens with two attached hydrogens (primary N) is 1. The molecule has 1 aromatic carbocycles. The number of piperidine rings is 1. The highest BCUT2D eigenvalue weighted by atomic mass is 16.5. The second kappa shape index (κ2) is 6.26. The number of phenols is 1. The maximum absolute atomic E-state index is 10.00. The van der Waals surface area contributed by atoms with Crippen molar-refractivity contribution in [1.82, 2.24) is 0 Å². The molecule has 1 aromatic rings. The molecule has 19 heavy (non-hydrogen) atoms. The molecular weight excluding hydrogens is 240 g/mol. The van der Waals surface area contributed by atoms with E-state index in [0.29, 0.717) is 11.9 Å². The smallest absolute Gasteiger partial charge is 0.122 e. The molecule has 3 N–H and O–H groups in total. The number of nitrogens with zero attached hydrogens (tertiary/aromatic N) is 1. The minimum Gasteiger partial charge on any atom is -0.508 e. The molecule has 2 rings (SSSR count). The molecule has 1 aliphatic rings. The fraction of sp³-hybridized carbons (Fsp3) is 0.600. The third kappa shape index (κ3) is 3.39. The Morgan fingerprint density at radius 2 is 2.11 bits per heavy atom. The van der Waals surface area contributed by atoms with Gasteiger partial charge in [-0.1, -0.05) is 6.07 Å². The number of hydrogen-bond acceptors (Lipinski definition) is 4. The third-order valence-electron chi connectivity index (χ3n) is 3.71. The lowest BCUT2D eigenvalue weighted by atomic mass is 10.0. The largest absolute Gasteiger partial charge is 0.508 e. The van der Waals surface area contributed by atoms with Crippen molar-refractivity contribution in [3.05, 3.63) is 23.8 Å². The zero-order valence-electron chi connectivity index (χ0n) is 11.8. The average molecular weight is 264 g/mol. The van der Waals surface area contributed by atoms with Gasteiger partial charge in [0.05, 0.1) is 6.10 Å². The van der Waals surface area contributed by atoms with Crippen molar-refractivity contribution >= 4 is 5.69 Å². The lowest BCUT2D eigenvalue weighted by molar-refractivity contribution is 0.0459. The van der Waals surface area contributed by atoms with Gasteiger partial charge >= 0.3 is 0 Å². The van der Waals surface area contributed by atoms with E-state index in [4.69, 9.17) is 10.5 Å². The van der Waals surface area contributed by atoms with Crippen molar-refractivity contribution in [3.63, 3.8) is 0 Å². The molecule has 0 aliphatic carbocycles. The Balaban J connectivity index is 2.02. The van der Waals surface area contributed by atoms with Crippen LogP contribution in [0.15, 0.2) is 18.2 Å². The number of benzene rings is 1. The summed E-state index contributed by atoms with van der Waals surface area (Å²) >= 11 is 0. The number of hydrogen-bond donors (Lipinski definition) is 2. The molecule has 1 unspecified atom stereocenters. The molecule has 0 aromatic heterocycles. The zero-order valence-corrected chi connectivity index (χ0v) is 11.8. The molecule has 106 valence electrons. The Morgan fingerprint density at radius 3 is 2.63 bits per heavy atom. The van der Waals surface area contributed by atoms with Crippen LogP contribution in [0.1, 0.15) is 38.3 Å². The number of anilines is 1. The Labute approximate surface area is 115 Å². The van der Waals surface area contributed by atoms with Crippen molar-refractivity contribution in [2.24, 2.45) is 5.73 Å². The van der Waals surface area contributed by atoms with Crippen molar-refractivity contribution in [3.8, 4) is 5.75 Å². The van der Waals surface area contributed by atoms with Gasteiger partial charge in [-0.3, -0.25) is 0 Å². The monoisotopic (exact) mass is 264 g/mol. The Bertz CT molecular complexity index is 413. The van der Waals surface area contributed by atoms with Gasteiger partial charge in [0.1, 0.15) is 5.75 Å². The van der Waals surface area contributed by atoms with E-state index in [9.17, 15) is 5.11 Å². The number of rotatable bonds is 4. The first-order valence-electron chi connectivity index (χ1n) is 7.07. The standard InChI is InChI=1S/C15H24N2O2/c1-3-19-13-6-8-17(9-7-13)12-4-5-14(11(2)16)15(18)10-12/h4-5,10-11,13,18H,3,6-9,16H2,1-2H3. The van der Waals surface area contributed by atoms with Gasteiger partial charge in [-0.25, -0.2) is 0 Å². The van der Waals surface area contributed by atoms with Crippen LogP contribution in [-0.4, -0.2) is 30.9 Å². The molecule has 1 aliphatic heterocycles. The van der Waals surface area contributed by atoms with E-state index < -0.39 is 0 Å². The normalized spacial score (nSPS) is 18.6. The lowest BCUT2D eigenvalue weighted by Crippen LogP contribution is -2.37. The van der Waals surface area contributed by atoms with E-state index in [-0.39, 0.29) is 6.04 Å². The molecule has 0 saturated carbocycles. The van der Waals surface area contributed by atoms with Crippen LogP contribution >= 0.6 is 0 Å². The summed E-state index contributed by atoms with van der Waals surface area (Å²) in [5.41, 5.74) is 7.67. The minimum atomic E-state index is -0.141. The van der Waals surface area contributed by atoms with Crippen LogP contribution in [0.3, 0.4) is 0 Å². The molecule has 4 nitrogen and oxygen atoms in total. The summed E-state index contributed by atoms with van der Waals surface area (Å²) < 4.78 is 5.65. The van der Waals surface area contributed by atoms with Crippen LogP contribution in [0, 0.1) is 0 Å². The molecule has 0 spiro atoms. The molecular formula is C15H24N2O2. The van der Waals surface area contributed by atoms with Gasteiger partial charge in [-0.2, -0.15) is 0 Å². The maximum atomic E-state index is 10.00. The highest BCUT2D eigenvalue weighted by molar-refractivity contribution is 5.54. The SMILES string of the molecule is CCOC1CCN(c2ccc(C(C)N)c(O)c2)CC1. The predicted octanol–water partition coefficient (Wildman–Crippen LogP) is 2.42. The lowest BCUT2D eigenvalue weighted by Gasteiger charge is -2.33. The highest BCUT2D eigenvalue weighted by Gasteiger charge is 2.20. The first-order valence-corrected chi connectivity index (χ1v) is 7.07. The van der Waals surface area contributed by atoms with Gasteiger partial charge in [-0.15, -0.1) is 0 Å².